The molecule has 1 aromatic heterocycles. The molecular weight excluding hydrogens is 246 g/mol. The van der Waals surface area contributed by atoms with E-state index in [4.69, 9.17) is 5.73 Å². The maximum atomic E-state index is 5.96. The van der Waals surface area contributed by atoms with E-state index in [1.165, 1.54) is 36.6 Å². The third kappa shape index (κ3) is 3.17. The highest BCUT2D eigenvalue weighted by Crippen LogP contribution is 2.33. The molecule has 2 aromatic rings. The van der Waals surface area contributed by atoms with Crippen molar-refractivity contribution in [2.45, 2.75) is 31.7 Å². The van der Waals surface area contributed by atoms with Crippen LogP contribution < -0.4 is 11.1 Å². The number of nitrogens with one attached hydrogen (secondary N) is 1. The van der Waals surface area contributed by atoms with Crippen LogP contribution in [0.15, 0.2) is 36.5 Å². The fourth-order valence-corrected chi connectivity index (χ4v) is 2.80. The van der Waals surface area contributed by atoms with Crippen LogP contribution in [-0.2, 0) is 0 Å². The second-order valence-corrected chi connectivity index (χ2v) is 5.75. The normalized spacial score (nSPS) is 16.4. The third-order valence-corrected chi connectivity index (χ3v) is 4.15. The van der Waals surface area contributed by atoms with E-state index in [1.54, 1.807) is 0 Å². The molecule has 0 aliphatic heterocycles. The molecule has 1 heterocycles. The number of para-hydroxylation sites is 1. The zero-order valence-electron chi connectivity index (χ0n) is 11.9. The number of fused-ring (bicyclic) bond motifs is 1. The van der Waals surface area contributed by atoms with Crippen molar-refractivity contribution in [2.75, 3.05) is 13.1 Å². The molecule has 1 saturated carbocycles. The van der Waals surface area contributed by atoms with Crippen molar-refractivity contribution in [3.05, 3.63) is 42.1 Å². The molecule has 3 rings (SSSR count). The van der Waals surface area contributed by atoms with E-state index < -0.39 is 0 Å². The van der Waals surface area contributed by atoms with Gasteiger partial charge in [0.25, 0.3) is 0 Å². The lowest BCUT2D eigenvalue weighted by Gasteiger charge is -2.18. The van der Waals surface area contributed by atoms with E-state index in [0.717, 1.165) is 18.0 Å². The molecule has 0 amide bonds. The lowest BCUT2D eigenvalue weighted by Crippen LogP contribution is -2.29. The lowest BCUT2D eigenvalue weighted by molar-refractivity contribution is 0.514. The molecule has 3 N–H and O–H groups in total. The standard InChI is InChI=1S/C17H23N3/c18-12-16(19-10-2-4-13-8-9-13)15-7-1-5-14-6-3-11-20-17(14)15/h1,3,5-7,11,13,16,19H,2,4,8-10,12,18H2. The monoisotopic (exact) mass is 269 g/mol. The number of aromatic nitrogens is 1. The van der Waals surface area contributed by atoms with Crippen LogP contribution in [0.3, 0.4) is 0 Å². The lowest BCUT2D eigenvalue weighted by atomic mass is 10.0. The molecule has 1 aromatic carbocycles. The second-order valence-electron chi connectivity index (χ2n) is 5.75. The first kappa shape index (κ1) is 13.5. The highest BCUT2D eigenvalue weighted by molar-refractivity contribution is 5.82. The van der Waals surface area contributed by atoms with Crippen LogP contribution in [-0.4, -0.2) is 18.1 Å². The van der Waals surface area contributed by atoms with Crippen molar-refractivity contribution in [3.63, 3.8) is 0 Å². The van der Waals surface area contributed by atoms with Gasteiger partial charge in [0.1, 0.15) is 0 Å². The zero-order valence-corrected chi connectivity index (χ0v) is 11.9. The molecule has 0 bridgehead atoms. The second kappa shape index (κ2) is 6.33. The summed E-state index contributed by atoms with van der Waals surface area (Å²) >= 11 is 0. The summed E-state index contributed by atoms with van der Waals surface area (Å²) in [7, 11) is 0. The Kier molecular flexibility index (Phi) is 4.28. The van der Waals surface area contributed by atoms with E-state index in [-0.39, 0.29) is 6.04 Å². The summed E-state index contributed by atoms with van der Waals surface area (Å²) in [4.78, 5) is 4.52. The van der Waals surface area contributed by atoms with Crippen molar-refractivity contribution in [1.29, 1.82) is 0 Å². The van der Waals surface area contributed by atoms with Crippen molar-refractivity contribution in [1.82, 2.24) is 10.3 Å². The first-order valence-corrected chi connectivity index (χ1v) is 7.65. The SMILES string of the molecule is NCC(NCCCC1CC1)c1cccc2cccnc12. The van der Waals surface area contributed by atoms with E-state index in [0.29, 0.717) is 6.54 Å². The Morgan fingerprint density at radius 2 is 2.10 bits per heavy atom. The molecule has 1 fully saturated rings. The van der Waals surface area contributed by atoms with E-state index in [1.807, 2.05) is 12.3 Å². The van der Waals surface area contributed by atoms with Gasteiger partial charge in [-0.15, -0.1) is 0 Å². The van der Waals surface area contributed by atoms with E-state index >= 15 is 0 Å². The molecule has 3 heteroatoms. The Balaban J connectivity index is 1.69. The first-order valence-electron chi connectivity index (χ1n) is 7.65. The maximum absolute atomic E-state index is 5.96. The van der Waals surface area contributed by atoms with Crippen molar-refractivity contribution < 1.29 is 0 Å². The fraction of sp³-hybridized carbons (Fsp3) is 0.471. The smallest absolute Gasteiger partial charge is 0.0750 e. The molecule has 20 heavy (non-hydrogen) atoms. The summed E-state index contributed by atoms with van der Waals surface area (Å²) in [6.07, 6.45) is 7.34. The van der Waals surface area contributed by atoms with Gasteiger partial charge in [-0.3, -0.25) is 4.98 Å². The van der Waals surface area contributed by atoms with Crippen LogP contribution in [0.2, 0.25) is 0 Å². The van der Waals surface area contributed by atoms with Crippen LogP contribution in [0.5, 0.6) is 0 Å². The third-order valence-electron chi connectivity index (χ3n) is 4.15. The van der Waals surface area contributed by atoms with Gasteiger partial charge in [0.05, 0.1) is 5.52 Å². The molecule has 0 spiro atoms. The maximum Gasteiger partial charge on any atom is 0.0750 e. The van der Waals surface area contributed by atoms with Gasteiger partial charge in [-0.1, -0.05) is 37.1 Å². The fourth-order valence-electron chi connectivity index (χ4n) is 2.80. The van der Waals surface area contributed by atoms with Crippen LogP contribution in [0.4, 0.5) is 0 Å². The van der Waals surface area contributed by atoms with Crippen LogP contribution in [0, 0.1) is 5.92 Å². The van der Waals surface area contributed by atoms with Gasteiger partial charge in [-0.2, -0.15) is 0 Å². The summed E-state index contributed by atoms with van der Waals surface area (Å²) < 4.78 is 0. The summed E-state index contributed by atoms with van der Waals surface area (Å²) in [6.45, 7) is 1.65. The number of pyridine rings is 1. The number of benzene rings is 1. The topological polar surface area (TPSA) is 50.9 Å². The summed E-state index contributed by atoms with van der Waals surface area (Å²) in [5, 5.41) is 4.78. The highest BCUT2D eigenvalue weighted by atomic mass is 14.9. The minimum Gasteiger partial charge on any atom is -0.329 e. The molecule has 0 saturated heterocycles. The predicted molar refractivity (Wildman–Crippen MR) is 83.5 cm³/mol. The number of hydrogen-bond acceptors (Lipinski definition) is 3. The van der Waals surface area contributed by atoms with Gasteiger partial charge in [0, 0.05) is 24.2 Å². The number of nitrogens with zero attached hydrogens (tertiary/aromatic N) is 1. The van der Waals surface area contributed by atoms with Gasteiger partial charge in [-0.05, 0) is 36.9 Å². The Morgan fingerprint density at radius 3 is 2.90 bits per heavy atom. The van der Waals surface area contributed by atoms with Crippen LogP contribution in [0.25, 0.3) is 10.9 Å². The summed E-state index contributed by atoms with van der Waals surface area (Å²) in [5.41, 5.74) is 8.25. The van der Waals surface area contributed by atoms with Crippen LogP contribution in [0.1, 0.15) is 37.3 Å². The molecule has 1 unspecified atom stereocenters. The number of hydrogen-bond donors (Lipinski definition) is 2. The molecule has 3 nitrogen and oxygen atoms in total. The highest BCUT2D eigenvalue weighted by Gasteiger charge is 2.20. The molecule has 1 aliphatic carbocycles. The minimum atomic E-state index is 0.202. The molecule has 106 valence electrons. The van der Waals surface area contributed by atoms with Crippen molar-refractivity contribution >= 4 is 10.9 Å². The molecule has 1 aliphatic rings. The van der Waals surface area contributed by atoms with Gasteiger partial charge in [0.2, 0.25) is 0 Å². The van der Waals surface area contributed by atoms with Crippen molar-refractivity contribution in [3.8, 4) is 0 Å². The molecule has 1 atom stereocenters. The Hall–Kier alpha value is -1.45. The molecular formula is C17H23N3. The van der Waals surface area contributed by atoms with Gasteiger partial charge in [-0.25, -0.2) is 0 Å². The van der Waals surface area contributed by atoms with Gasteiger partial charge < -0.3 is 11.1 Å². The zero-order chi connectivity index (χ0) is 13.8. The number of nitrogens with two attached hydrogens (primary N) is 1. The number of rotatable bonds is 7. The average Bonchev–Trinajstić information content (AvgIpc) is 3.31. The van der Waals surface area contributed by atoms with Gasteiger partial charge >= 0.3 is 0 Å². The van der Waals surface area contributed by atoms with Crippen LogP contribution >= 0.6 is 0 Å². The largest absolute Gasteiger partial charge is 0.329 e. The predicted octanol–water partition coefficient (Wildman–Crippen LogP) is 3.01. The molecule has 0 radical (unpaired) electrons. The van der Waals surface area contributed by atoms with Crippen molar-refractivity contribution in [2.24, 2.45) is 11.7 Å². The van der Waals surface area contributed by atoms with E-state index in [2.05, 4.69) is 34.6 Å². The quantitative estimate of drug-likeness (QED) is 0.760. The minimum absolute atomic E-state index is 0.202. The Bertz CT molecular complexity index is 558. The summed E-state index contributed by atoms with van der Waals surface area (Å²) in [5.74, 6) is 1.01. The summed E-state index contributed by atoms with van der Waals surface area (Å²) in [6, 6.07) is 10.6. The Labute approximate surface area is 120 Å². The Morgan fingerprint density at radius 1 is 1.25 bits per heavy atom. The van der Waals surface area contributed by atoms with E-state index in [9.17, 15) is 0 Å². The van der Waals surface area contributed by atoms with Gasteiger partial charge in [0.15, 0.2) is 0 Å². The average molecular weight is 269 g/mol. The first-order chi connectivity index (χ1) is 9.88.